The van der Waals surface area contributed by atoms with Crippen molar-refractivity contribution in [3.63, 3.8) is 0 Å². The minimum atomic E-state index is -3.82. The van der Waals surface area contributed by atoms with Gasteiger partial charge in [0.05, 0.1) is 24.2 Å². The molecule has 114 valence electrons. The maximum Gasteiger partial charge on any atom is 0.267 e. The van der Waals surface area contributed by atoms with Gasteiger partial charge in [0.2, 0.25) is 5.88 Å². The molecule has 2 aromatic rings. The number of hydrogen-bond acceptors (Lipinski definition) is 6. The minimum absolute atomic E-state index is 0.0288. The Morgan fingerprint density at radius 3 is 2.62 bits per heavy atom. The van der Waals surface area contributed by atoms with Crippen LogP contribution < -0.4 is 15.2 Å². The zero-order valence-corrected chi connectivity index (χ0v) is 12.8. The van der Waals surface area contributed by atoms with Crippen molar-refractivity contribution in [3.8, 4) is 5.88 Å². The summed E-state index contributed by atoms with van der Waals surface area (Å²) in [7, 11) is -2.19. The summed E-state index contributed by atoms with van der Waals surface area (Å²) in [6.07, 6.45) is 1.38. The number of rotatable bonds is 5. The molecule has 0 radical (unpaired) electrons. The largest absolute Gasteiger partial charge is 0.478 e. The van der Waals surface area contributed by atoms with E-state index in [1.807, 2.05) is 6.92 Å². The number of anilines is 2. The van der Waals surface area contributed by atoms with Crippen LogP contribution >= 0.6 is 0 Å². The number of ether oxygens (including phenoxy) is 1. The number of aromatic nitrogens is 3. The Balaban J connectivity index is 2.29. The molecule has 0 aliphatic carbocycles. The summed E-state index contributed by atoms with van der Waals surface area (Å²) in [5.41, 5.74) is 6.44. The Morgan fingerprint density at radius 2 is 2.14 bits per heavy atom. The molecular formula is C12H17N5O3S. The first-order chi connectivity index (χ1) is 9.85. The molecule has 0 saturated carbocycles. The number of aryl methyl sites for hydroxylation is 1. The summed E-state index contributed by atoms with van der Waals surface area (Å²) in [6.45, 7) is 3.96. The van der Waals surface area contributed by atoms with Gasteiger partial charge < -0.3 is 10.5 Å². The quantitative estimate of drug-likeness (QED) is 0.848. The highest BCUT2D eigenvalue weighted by atomic mass is 32.2. The van der Waals surface area contributed by atoms with Gasteiger partial charge in [0.15, 0.2) is 10.7 Å². The van der Waals surface area contributed by atoms with Crippen LogP contribution in [0.25, 0.3) is 0 Å². The summed E-state index contributed by atoms with van der Waals surface area (Å²) < 4.78 is 33.8. The molecule has 0 saturated heterocycles. The van der Waals surface area contributed by atoms with Crippen molar-refractivity contribution in [1.29, 1.82) is 0 Å². The van der Waals surface area contributed by atoms with Crippen molar-refractivity contribution < 1.29 is 13.2 Å². The summed E-state index contributed by atoms with van der Waals surface area (Å²) >= 11 is 0. The van der Waals surface area contributed by atoms with E-state index in [1.54, 1.807) is 26.1 Å². The van der Waals surface area contributed by atoms with Gasteiger partial charge in [-0.2, -0.15) is 5.10 Å². The third kappa shape index (κ3) is 3.07. The number of nitrogens with zero attached hydrogens (tertiary/aromatic N) is 3. The first-order valence-electron chi connectivity index (χ1n) is 6.26. The second kappa shape index (κ2) is 5.60. The van der Waals surface area contributed by atoms with Gasteiger partial charge >= 0.3 is 0 Å². The average Bonchev–Trinajstić information content (AvgIpc) is 2.66. The van der Waals surface area contributed by atoms with Crippen molar-refractivity contribution in [1.82, 2.24) is 14.8 Å². The third-order valence-electron chi connectivity index (χ3n) is 2.85. The fourth-order valence-electron chi connectivity index (χ4n) is 1.83. The summed E-state index contributed by atoms with van der Waals surface area (Å²) in [5.74, 6) is 0.388. The van der Waals surface area contributed by atoms with Crippen molar-refractivity contribution in [2.24, 2.45) is 7.05 Å². The van der Waals surface area contributed by atoms with E-state index < -0.39 is 10.0 Å². The topological polar surface area (TPSA) is 112 Å². The zero-order valence-electron chi connectivity index (χ0n) is 12.0. The average molecular weight is 311 g/mol. The lowest BCUT2D eigenvalue weighted by Gasteiger charge is -2.08. The van der Waals surface area contributed by atoms with E-state index in [9.17, 15) is 8.42 Å². The van der Waals surface area contributed by atoms with Crippen LogP contribution in [0.1, 0.15) is 12.6 Å². The molecule has 0 bridgehead atoms. The van der Waals surface area contributed by atoms with Gasteiger partial charge in [-0.25, -0.2) is 13.4 Å². The lowest BCUT2D eigenvalue weighted by Crippen LogP contribution is -2.15. The normalized spacial score (nSPS) is 11.4. The molecule has 0 aromatic carbocycles. The second-order valence-electron chi connectivity index (χ2n) is 4.35. The maximum absolute atomic E-state index is 12.4. The SMILES string of the molecule is CCOc1ccc(NS(=O)(=O)c2c(N)nn(C)c2C)cn1. The Labute approximate surface area is 123 Å². The number of nitrogen functional groups attached to an aromatic ring is 1. The van der Waals surface area contributed by atoms with Crippen molar-refractivity contribution >= 4 is 21.5 Å². The standard InChI is InChI=1S/C12H17N5O3S/c1-4-20-10-6-5-9(7-14-10)16-21(18,19)11-8(2)17(3)15-12(11)13/h5-7,16H,4H2,1-3H3,(H2,13,15). The molecule has 2 heterocycles. The van der Waals surface area contributed by atoms with Crippen LogP contribution in [0.15, 0.2) is 23.2 Å². The Morgan fingerprint density at radius 1 is 1.43 bits per heavy atom. The van der Waals surface area contributed by atoms with E-state index in [4.69, 9.17) is 10.5 Å². The van der Waals surface area contributed by atoms with Crippen LogP contribution in [0.2, 0.25) is 0 Å². The summed E-state index contributed by atoms with van der Waals surface area (Å²) in [5, 5.41) is 3.90. The number of sulfonamides is 1. The molecule has 9 heteroatoms. The Hall–Kier alpha value is -2.29. The van der Waals surface area contributed by atoms with E-state index in [2.05, 4.69) is 14.8 Å². The van der Waals surface area contributed by atoms with Crippen LogP contribution in [-0.4, -0.2) is 29.8 Å². The van der Waals surface area contributed by atoms with Gasteiger partial charge in [-0.05, 0) is 19.9 Å². The Kier molecular flexibility index (Phi) is 4.03. The first kappa shape index (κ1) is 15.1. The number of nitrogens with two attached hydrogens (primary N) is 1. The molecule has 3 N–H and O–H groups in total. The van der Waals surface area contributed by atoms with Gasteiger partial charge in [0.25, 0.3) is 10.0 Å². The fraction of sp³-hybridized carbons (Fsp3) is 0.333. The molecule has 2 rings (SSSR count). The highest BCUT2D eigenvalue weighted by Gasteiger charge is 2.24. The first-order valence-corrected chi connectivity index (χ1v) is 7.74. The number of hydrogen-bond donors (Lipinski definition) is 2. The maximum atomic E-state index is 12.4. The molecule has 0 fully saturated rings. The van der Waals surface area contributed by atoms with E-state index in [-0.39, 0.29) is 10.7 Å². The van der Waals surface area contributed by atoms with Crippen molar-refractivity contribution in [2.45, 2.75) is 18.7 Å². The van der Waals surface area contributed by atoms with Crippen LogP contribution in [0.3, 0.4) is 0 Å². The minimum Gasteiger partial charge on any atom is -0.478 e. The van der Waals surface area contributed by atoms with Gasteiger partial charge in [-0.3, -0.25) is 9.40 Å². The zero-order chi connectivity index (χ0) is 15.6. The van der Waals surface area contributed by atoms with Gasteiger partial charge in [0, 0.05) is 13.1 Å². The second-order valence-corrected chi connectivity index (χ2v) is 5.97. The third-order valence-corrected chi connectivity index (χ3v) is 4.40. The van der Waals surface area contributed by atoms with Gasteiger partial charge in [-0.1, -0.05) is 0 Å². The number of nitrogens with one attached hydrogen (secondary N) is 1. The molecule has 0 atom stereocenters. The summed E-state index contributed by atoms with van der Waals surface area (Å²) in [4.78, 5) is 3.97. The lowest BCUT2D eigenvalue weighted by molar-refractivity contribution is 0.327. The summed E-state index contributed by atoms with van der Waals surface area (Å²) in [6, 6.07) is 3.15. The van der Waals surface area contributed by atoms with Gasteiger partial charge in [-0.15, -0.1) is 0 Å². The molecule has 0 aliphatic heterocycles. The van der Waals surface area contributed by atoms with Crippen molar-refractivity contribution in [3.05, 3.63) is 24.0 Å². The van der Waals surface area contributed by atoms with E-state index in [0.29, 0.717) is 23.9 Å². The molecule has 0 amide bonds. The molecular weight excluding hydrogens is 294 g/mol. The predicted molar refractivity (Wildman–Crippen MR) is 78.6 cm³/mol. The van der Waals surface area contributed by atoms with Crippen LogP contribution in [0, 0.1) is 6.92 Å². The highest BCUT2D eigenvalue weighted by Crippen LogP contribution is 2.24. The molecule has 21 heavy (non-hydrogen) atoms. The number of pyridine rings is 1. The molecule has 0 unspecified atom stereocenters. The smallest absolute Gasteiger partial charge is 0.267 e. The van der Waals surface area contributed by atoms with Gasteiger partial charge in [0.1, 0.15) is 0 Å². The van der Waals surface area contributed by atoms with Crippen LogP contribution in [-0.2, 0) is 17.1 Å². The molecule has 8 nitrogen and oxygen atoms in total. The monoisotopic (exact) mass is 311 g/mol. The Bertz CT molecular complexity index is 737. The highest BCUT2D eigenvalue weighted by molar-refractivity contribution is 7.93. The van der Waals surface area contributed by atoms with Crippen LogP contribution in [0.4, 0.5) is 11.5 Å². The molecule has 0 spiro atoms. The van der Waals surface area contributed by atoms with Crippen molar-refractivity contribution in [2.75, 3.05) is 17.1 Å². The predicted octanol–water partition coefficient (Wildman–Crippen LogP) is 0.905. The molecule has 0 aliphatic rings. The molecule has 2 aromatic heterocycles. The van der Waals surface area contributed by atoms with E-state index in [0.717, 1.165) is 0 Å². The van der Waals surface area contributed by atoms with E-state index in [1.165, 1.54) is 10.9 Å². The lowest BCUT2D eigenvalue weighted by atomic mass is 10.4. The van der Waals surface area contributed by atoms with Crippen LogP contribution in [0.5, 0.6) is 5.88 Å². The fourth-order valence-corrected chi connectivity index (χ4v) is 3.20. The van der Waals surface area contributed by atoms with E-state index >= 15 is 0 Å².